The average Bonchev–Trinajstić information content (AvgIpc) is 2.61. The van der Waals surface area contributed by atoms with Gasteiger partial charge in [0.15, 0.2) is 0 Å². The first-order valence-corrected chi connectivity index (χ1v) is 11.0. The lowest BCUT2D eigenvalue weighted by Crippen LogP contribution is -2.31. The van der Waals surface area contributed by atoms with Gasteiger partial charge in [-0.05, 0) is 42.3 Å². The monoisotopic (exact) mass is 412 g/mol. The Balaban J connectivity index is 1.91. The molecule has 1 amide bonds. The molecule has 0 fully saturated rings. The van der Waals surface area contributed by atoms with E-state index >= 15 is 0 Å². The van der Waals surface area contributed by atoms with Crippen molar-refractivity contribution in [2.75, 3.05) is 12.8 Å². The number of thioether (sulfide) groups is 1. The van der Waals surface area contributed by atoms with E-state index in [1.54, 1.807) is 24.1 Å². The molecule has 0 saturated carbocycles. The van der Waals surface area contributed by atoms with Crippen LogP contribution in [0, 0.1) is 0 Å². The topological polar surface area (TPSA) is 80.5 Å². The van der Waals surface area contributed by atoms with E-state index in [9.17, 15) is 13.2 Å². The second-order valence-electron chi connectivity index (χ2n) is 5.91. The van der Waals surface area contributed by atoms with Gasteiger partial charge in [-0.25, -0.2) is 13.6 Å². The minimum atomic E-state index is -3.72. The maximum Gasteiger partial charge on any atom is 0.238 e. The molecule has 0 heterocycles. The number of hydrogen-bond donors (Lipinski definition) is 1. The summed E-state index contributed by atoms with van der Waals surface area (Å²) in [6.45, 7) is 1.90. The van der Waals surface area contributed by atoms with Gasteiger partial charge in [-0.3, -0.25) is 4.79 Å². The van der Waals surface area contributed by atoms with E-state index in [0.29, 0.717) is 10.8 Å². The summed E-state index contributed by atoms with van der Waals surface area (Å²) in [4.78, 5) is 14.1. The van der Waals surface area contributed by atoms with Crippen molar-refractivity contribution in [1.82, 2.24) is 4.90 Å². The lowest BCUT2D eigenvalue weighted by Gasteiger charge is -2.25. The molecular formula is C18H21ClN2O3S2. The molecule has 2 aromatic carbocycles. The van der Waals surface area contributed by atoms with Crippen molar-refractivity contribution in [3.63, 3.8) is 0 Å². The maximum absolute atomic E-state index is 12.4. The fourth-order valence-corrected chi connectivity index (χ4v) is 3.86. The van der Waals surface area contributed by atoms with Gasteiger partial charge in [-0.1, -0.05) is 35.9 Å². The van der Waals surface area contributed by atoms with E-state index < -0.39 is 10.0 Å². The highest BCUT2D eigenvalue weighted by Gasteiger charge is 2.18. The molecule has 0 radical (unpaired) electrons. The molecule has 0 aliphatic heterocycles. The summed E-state index contributed by atoms with van der Waals surface area (Å²) in [6.07, 6.45) is 0. The van der Waals surface area contributed by atoms with Gasteiger partial charge in [0.2, 0.25) is 15.9 Å². The minimum absolute atomic E-state index is 0.00647. The summed E-state index contributed by atoms with van der Waals surface area (Å²) in [6, 6.07) is 13.6. The Labute approximate surface area is 163 Å². The lowest BCUT2D eigenvalue weighted by molar-refractivity contribution is -0.128. The van der Waals surface area contributed by atoms with Crippen LogP contribution in [-0.2, 0) is 20.6 Å². The predicted octanol–water partition coefficient (Wildman–Crippen LogP) is 3.44. The Morgan fingerprint density at radius 2 is 1.73 bits per heavy atom. The summed E-state index contributed by atoms with van der Waals surface area (Å²) < 4.78 is 22.6. The number of primary sulfonamides is 1. The normalized spacial score (nSPS) is 12.6. The fraction of sp³-hybridized carbons (Fsp3) is 0.278. The van der Waals surface area contributed by atoms with Crippen molar-refractivity contribution >= 4 is 39.3 Å². The van der Waals surface area contributed by atoms with Crippen molar-refractivity contribution in [3.8, 4) is 0 Å². The molecule has 0 saturated heterocycles. The van der Waals surface area contributed by atoms with Gasteiger partial charge in [-0.2, -0.15) is 0 Å². The number of carbonyl (C=O) groups is 1. The Hall–Kier alpha value is -1.54. The molecule has 2 N–H and O–H groups in total. The molecule has 140 valence electrons. The van der Waals surface area contributed by atoms with E-state index in [1.807, 2.05) is 31.2 Å². The van der Waals surface area contributed by atoms with E-state index in [0.717, 1.165) is 16.9 Å². The fourth-order valence-electron chi connectivity index (χ4n) is 2.31. The third kappa shape index (κ3) is 5.74. The van der Waals surface area contributed by atoms with E-state index in [2.05, 4.69) is 0 Å². The first-order valence-electron chi connectivity index (χ1n) is 7.89. The zero-order chi connectivity index (χ0) is 19.3. The molecule has 0 aliphatic carbocycles. The molecule has 0 unspecified atom stereocenters. The van der Waals surface area contributed by atoms with Crippen LogP contribution in [0.2, 0.25) is 5.02 Å². The molecule has 0 bridgehead atoms. The van der Waals surface area contributed by atoms with Crippen molar-refractivity contribution in [1.29, 1.82) is 0 Å². The molecule has 2 aromatic rings. The lowest BCUT2D eigenvalue weighted by atomic mass is 10.1. The van der Waals surface area contributed by atoms with Crippen molar-refractivity contribution in [2.24, 2.45) is 5.14 Å². The quantitative estimate of drug-likeness (QED) is 0.755. The highest BCUT2D eigenvalue weighted by Crippen LogP contribution is 2.22. The average molecular weight is 413 g/mol. The van der Waals surface area contributed by atoms with Crippen LogP contribution in [0.5, 0.6) is 0 Å². The Morgan fingerprint density at radius 1 is 1.15 bits per heavy atom. The van der Waals surface area contributed by atoms with Crippen LogP contribution in [0.3, 0.4) is 0 Å². The number of sulfonamides is 1. The molecule has 0 aliphatic rings. The van der Waals surface area contributed by atoms with Gasteiger partial charge >= 0.3 is 0 Å². The standard InChI is InChI=1S/C18H21ClN2O3S2/c1-13(15-5-9-17(10-6-15)26(20,23)24)21(2)18(22)12-25-11-14-3-7-16(19)8-4-14/h3-10,13H,11-12H2,1-2H3,(H2,20,23,24)/t13-/m0/s1. The van der Waals surface area contributed by atoms with Crippen LogP contribution in [0.25, 0.3) is 0 Å². The Morgan fingerprint density at radius 3 is 2.27 bits per heavy atom. The van der Waals surface area contributed by atoms with Gasteiger partial charge in [-0.15, -0.1) is 11.8 Å². The highest BCUT2D eigenvalue weighted by atomic mass is 35.5. The van der Waals surface area contributed by atoms with E-state index in [1.165, 1.54) is 23.9 Å². The van der Waals surface area contributed by atoms with Crippen LogP contribution in [0.15, 0.2) is 53.4 Å². The number of nitrogens with zero attached hydrogens (tertiary/aromatic N) is 1. The zero-order valence-electron chi connectivity index (χ0n) is 14.6. The molecule has 26 heavy (non-hydrogen) atoms. The van der Waals surface area contributed by atoms with Crippen LogP contribution in [0.4, 0.5) is 0 Å². The third-order valence-electron chi connectivity index (χ3n) is 4.07. The largest absolute Gasteiger partial charge is 0.338 e. The molecule has 8 heteroatoms. The number of carbonyl (C=O) groups excluding carboxylic acids is 1. The molecule has 0 aromatic heterocycles. The summed E-state index contributed by atoms with van der Waals surface area (Å²) in [7, 11) is -1.98. The number of benzene rings is 2. The smallest absolute Gasteiger partial charge is 0.238 e. The third-order valence-corrected chi connectivity index (χ3v) is 6.24. The minimum Gasteiger partial charge on any atom is -0.338 e. The molecule has 1 atom stereocenters. The number of hydrogen-bond acceptors (Lipinski definition) is 4. The van der Waals surface area contributed by atoms with Crippen LogP contribution in [-0.4, -0.2) is 32.0 Å². The van der Waals surface area contributed by atoms with Crippen LogP contribution >= 0.6 is 23.4 Å². The number of amides is 1. The first kappa shape index (κ1) is 20.8. The van der Waals surface area contributed by atoms with Gasteiger partial charge < -0.3 is 4.90 Å². The number of rotatable bonds is 7. The highest BCUT2D eigenvalue weighted by molar-refractivity contribution is 7.99. The summed E-state index contributed by atoms with van der Waals surface area (Å²) in [5.41, 5.74) is 1.96. The summed E-state index contributed by atoms with van der Waals surface area (Å²) >= 11 is 7.39. The van der Waals surface area contributed by atoms with Crippen molar-refractivity contribution < 1.29 is 13.2 Å². The Kier molecular flexibility index (Phi) is 7.11. The predicted molar refractivity (Wildman–Crippen MR) is 107 cm³/mol. The zero-order valence-corrected chi connectivity index (χ0v) is 16.9. The van der Waals surface area contributed by atoms with Gasteiger partial charge in [0.05, 0.1) is 16.7 Å². The van der Waals surface area contributed by atoms with Crippen LogP contribution < -0.4 is 5.14 Å². The number of halogens is 1. The maximum atomic E-state index is 12.4. The molecule has 2 rings (SSSR count). The summed E-state index contributed by atoms with van der Waals surface area (Å²) in [5, 5.41) is 5.79. The van der Waals surface area contributed by atoms with E-state index in [-0.39, 0.29) is 16.8 Å². The molecular weight excluding hydrogens is 392 g/mol. The SMILES string of the molecule is C[C@@H](c1ccc(S(N)(=O)=O)cc1)N(C)C(=O)CSCc1ccc(Cl)cc1. The van der Waals surface area contributed by atoms with E-state index in [4.69, 9.17) is 16.7 Å². The second-order valence-corrected chi connectivity index (χ2v) is 8.90. The first-order chi connectivity index (χ1) is 12.2. The van der Waals surface area contributed by atoms with Gasteiger partial charge in [0.25, 0.3) is 0 Å². The summed E-state index contributed by atoms with van der Waals surface area (Å²) in [5.74, 6) is 1.10. The number of nitrogens with two attached hydrogens (primary N) is 1. The van der Waals surface area contributed by atoms with Gasteiger partial charge in [0.1, 0.15) is 0 Å². The molecule has 5 nitrogen and oxygen atoms in total. The van der Waals surface area contributed by atoms with Crippen molar-refractivity contribution in [3.05, 3.63) is 64.7 Å². The van der Waals surface area contributed by atoms with Crippen LogP contribution in [0.1, 0.15) is 24.1 Å². The molecule has 0 spiro atoms. The second kappa shape index (κ2) is 8.90. The van der Waals surface area contributed by atoms with Gasteiger partial charge in [0, 0.05) is 17.8 Å². The Bertz CT molecular complexity index is 853. The van der Waals surface area contributed by atoms with Crippen molar-refractivity contribution in [2.45, 2.75) is 23.6 Å².